The summed E-state index contributed by atoms with van der Waals surface area (Å²) in [6.45, 7) is 5.07. The van der Waals surface area contributed by atoms with Gasteiger partial charge < -0.3 is 4.65 Å². The third kappa shape index (κ3) is 1.16. The van der Waals surface area contributed by atoms with Crippen LogP contribution in [0.3, 0.4) is 0 Å². The lowest BCUT2D eigenvalue weighted by Gasteiger charge is -2.05. The van der Waals surface area contributed by atoms with Crippen LogP contribution in [-0.4, -0.2) is 7.48 Å². The van der Waals surface area contributed by atoms with Gasteiger partial charge in [-0.15, -0.1) is 0 Å². The van der Waals surface area contributed by atoms with Gasteiger partial charge in [0.15, 0.2) is 0 Å². The smallest absolute Gasteiger partial charge is 0.331 e. The van der Waals surface area contributed by atoms with E-state index in [9.17, 15) is 0 Å². The minimum atomic E-state index is 0.754. The molecule has 0 aliphatic carbocycles. The first-order valence-corrected chi connectivity index (χ1v) is 4.38. The van der Waals surface area contributed by atoms with Crippen molar-refractivity contribution in [3.63, 3.8) is 0 Å². The van der Waals surface area contributed by atoms with E-state index in [2.05, 4.69) is 26.0 Å². The topological polar surface area (TPSA) is 9.23 Å². The second kappa shape index (κ2) is 2.94. The molecule has 1 nitrogen and oxygen atoms in total. The summed E-state index contributed by atoms with van der Waals surface area (Å²) in [5, 5.41) is 0. The highest BCUT2D eigenvalue weighted by Gasteiger charge is 2.16. The number of hydrogen-bond acceptors (Lipinski definition) is 1. The summed E-state index contributed by atoms with van der Waals surface area (Å²) in [4.78, 5) is 0. The summed E-state index contributed by atoms with van der Waals surface area (Å²) in [5.41, 5.74) is 5.39. The third-order valence-corrected chi connectivity index (χ3v) is 2.32. The fourth-order valence-electron chi connectivity index (χ4n) is 1.73. The Bertz CT molecular complexity index is 307. The van der Waals surface area contributed by atoms with Crippen LogP contribution in [0, 0.1) is 6.92 Å². The zero-order valence-electron chi connectivity index (χ0n) is 7.55. The van der Waals surface area contributed by atoms with Gasteiger partial charge in [-0.1, -0.05) is 30.2 Å². The minimum absolute atomic E-state index is 0.754. The molecule has 1 aromatic rings. The molecule has 0 atom stereocenters. The zero-order chi connectivity index (χ0) is 8.55. The molecule has 0 saturated heterocycles. The Morgan fingerprint density at radius 2 is 2.33 bits per heavy atom. The van der Waals surface area contributed by atoms with Gasteiger partial charge in [-0.25, -0.2) is 0 Å². The number of fused-ring (bicyclic) bond motifs is 1. The lowest BCUT2D eigenvalue weighted by Crippen LogP contribution is -2.17. The molecular formula is C10H12BO. The van der Waals surface area contributed by atoms with E-state index in [0.29, 0.717) is 0 Å². The Morgan fingerprint density at radius 3 is 3.08 bits per heavy atom. The molecule has 2 heteroatoms. The summed E-state index contributed by atoms with van der Waals surface area (Å²) < 4.78 is 5.29. The summed E-state index contributed by atoms with van der Waals surface area (Å²) >= 11 is 0. The molecule has 0 aromatic heterocycles. The van der Waals surface area contributed by atoms with Crippen molar-refractivity contribution in [1.82, 2.24) is 0 Å². The van der Waals surface area contributed by atoms with E-state index in [1.807, 2.05) is 7.48 Å². The molecule has 0 N–H and O–H groups in total. The summed E-state index contributed by atoms with van der Waals surface area (Å²) in [6, 6.07) is 4.45. The molecule has 0 amide bonds. The monoisotopic (exact) mass is 159 g/mol. The molecule has 0 bridgehead atoms. The van der Waals surface area contributed by atoms with E-state index in [0.717, 1.165) is 13.0 Å². The quantitative estimate of drug-likeness (QED) is 0.561. The van der Waals surface area contributed by atoms with Crippen molar-refractivity contribution in [2.24, 2.45) is 0 Å². The van der Waals surface area contributed by atoms with Crippen LogP contribution in [0.25, 0.3) is 0 Å². The number of hydrogen-bond donors (Lipinski definition) is 0. The lowest BCUT2D eigenvalue weighted by atomic mass is 9.81. The van der Waals surface area contributed by atoms with E-state index < -0.39 is 0 Å². The third-order valence-electron chi connectivity index (χ3n) is 2.32. The predicted molar refractivity (Wildman–Crippen MR) is 50.7 cm³/mol. The first kappa shape index (κ1) is 7.87. The highest BCUT2D eigenvalue weighted by Crippen LogP contribution is 2.12. The van der Waals surface area contributed by atoms with Crippen LogP contribution in [0.15, 0.2) is 12.1 Å². The molecule has 0 spiro atoms. The molecule has 61 valence electrons. The van der Waals surface area contributed by atoms with Gasteiger partial charge in [0.05, 0.1) is 6.61 Å². The van der Waals surface area contributed by atoms with Crippen LogP contribution < -0.4 is 5.46 Å². The predicted octanol–water partition coefficient (Wildman–Crippen LogP) is 1.33. The van der Waals surface area contributed by atoms with Crippen molar-refractivity contribution in [3.05, 3.63) is 28.8 Å². The first-order chi connectivity index (χ1) is 5.81. The maximum absolute atomic E-state index is 5.29. The van der Waals surface area contributed by atoms with Gasteiger partial charge in [0.2, 0.25) is 0 Å². The van der Waals surface area contributed by atoms with Crippen LogP contribution in [0.2, 0.25) is 0 Å². The van der Waals surface area contributed by atoms with Crippen LogP contribution in [-0.2, 0) is 17.7 Å². The Kier molecular flexibility index (Phi) is 1.93. The Morgan fingerprint density at radius 1 is 1.50 bits per heavy atom. The van der Waals surface area contributed by atoms with Crippen molar-refractivity contribution in [1.29, 1.82) is 0 Å². The summed E-state index contributed by atoms with van der Waals surface area (Å²) in [7, 11) is 1.88. The van der Waals surface area contributed by atoms with Gasteiger partial charge in [0, 0.05) is 0 Å². The molecule has 1 aliphatic rings. The van der Waals surface area contributed by atoms with Crippen LogP contribution in [0.5, 0.6) is 0 Å². The van der Waals surface area contributed by atoms with Crippen LogP contribution >= 0.6 is 0 Å². The summed E-state index contributed by atoms with van der Waals surface area (Å²) in [6.07, 6.45) is 1.09. The normalized spacial score (nSPS) is 14.2. The maximum Gasteiger partial charge on any atom is 0.331 e. The van der Waals surface area contributed by atoms with Gasteiger partial charge in [0.1, 0.15) is 0 Å². The second-order valence-electron chi connectivity index (χ2n) is 3.28. The lowest BCUT2D eigenvalue weighted by molar-refractivity contribution is 0.345. The highest BCUT2D eigenvalue weighted by molar-refractivity contribution is 6.49. The van der Waals surface area contributed by atoms with E-state index in [4.69, 9.17) is 4.65 Å². The van der Waals surface area contributed by atoms with Crippen molar-refractivity contribution in [2.75, 3.05) is 0 Å². The molecule has 1 heterocycles. The number of benzene rings is 1. The minimum Gasteiger partial charge on any atom is -0.430 e. The standard InChI is InChI=1S/C10H12BO/c1-3-8-4-7(2)5-9-6-12-11-10(8)9/h4-5H,3,6H2,1-2H3. The number of aryl methyl sites for hydroxylation is 2. The molecule has 1 aliphatic heterocycles. The first-order valence-electron chi connectivity index (χ1n) is 4.38. The molecule has 2 rings (SSSR count). The average Bonchev–Trinajstić information content (AvgIpc) is 2.50. The average molecular weight is 159 g/mol. The molecular weight excluding hydrogens is 147 g/mol. The molecule has 1 aromatic carbocycles. The van der Waals surface area contributed by atoms with Gasteiger partial charge in [-0.2, -0.15) is 0 Å². The van der Waals surface area contributed by atoms with Crippen molar-refractivity contribution in [3.8, 4) is 0 Å². The van der Waals surface area contributed by atoms with Gasteiger partial charge in [-0.3, -0.25) is 0 Å². The highest BCUT2D eigenvalue weighted by atomic mass is 16.4. The summed E-state index contributed by atoms with van der Waals surface area (Å²) in [5.74, 6) is 0. The van der Waals surface area contributed by atoms with Gasteiger partial charge >= 0.3 is 7.48 Å². The van der Waals surface area contributed by atoms with E-state index in [1.54, 1.807) is 0 Å². The van der Waals surface area contributed by atoms with Gasteiger partial charge in [0.25, 0.3) is 0 Å². The van der Waals surface area contributed by atoms with Crippen LogP contribution in [0.4, 0.5) is 0 Å². The van der Waals surface area contributed by atoms with E-state index in [1.165, 1.54) is 22.2 Å². The largest absolute Gasteiger partial charge is 0.430 e. The second-order valence-corrected chi connectivity index (χ2v) is 3.28. The van der Waals surface area contributed by atoms with E-state index >= 15 is 0 Å². The maximum atomic E-state index is 5.29. The van der Waals surface area contributed by atoms with Crippen molar-refractivity contribution < 1.29 is 4.65 Å². The fourth-order valence-corrected chi connectivity index (χ4v) is 1.73. The molecule has 1 radical (unpaired) electrons. The van der Waals surface area contributed by atoms with Gasteiger partial charge in [-0.05, 0) is 24.4 Å². The van der Waals surface area contributed by atoms with Crippen molar-refractivity contribution in [2.45, 2.75) is 26.9 Å². The SMILES string of the molecule is CCc1cc(C)cc2c1[B]OC2. The molecule has 0 unspecified atom stereocenters. The Labute approximate surface area is 74.0 Å². The molecule has 12 heavy (non-hydrogen) atoms. The Hall–Kier alpha value is -0.755. The molecule has 0 fully saturated rings. The van der Waals surface area contributed by atoms with Crippen molar-refractivity contribution >= 4 is 12.9 Å². The number of rotatable bonds is 1. The Balaban J connectivity index is 2.55. The fraction of sp³-hybridized carbons (Fsp3) is 0.400. The van der Waals surface area contributed by atoms with E-state index in [-0.39, 0.29) is 0 Å². The molecule has 0 saturated carbocycles. The van der Waals surface area contributed by atoms with Crippen LogP contribution in [0.1, 0.15) is 23.6 Å². The zero-order valence-corrected chi connectivity index (χ0v) is 7.55.